The first-order valence-electron chi connectivity index (χ1n) is 9.18. The van der Waals surface area contributed by atoms with Gasteiger partial charge < -0.3 is 19.7 Å². The van der Waals surface area contributed by atoms with E-state index in [0.717, 1.165) is 26.3 Å². The number of morpholine rings is 2. The number of benzene rings is 1. The third-order valence-corrected chi connectivity index (χ3v) is 4.82. The molecule has 6 nitrogen and oxygen atoms in total. The molecule has 138 valence electrons. The quantitative estimate of drug-likeness (QED) is 0.904. The largest absolute Gasteiger partial charge is 0.379 e. The molecule has 1 aromatic rings. The van der Waals surface area contributed by atoms with E-state index in [1.807, 2.05) is 24.8 Å². The fourth-order valence-corrected chi connectivity index (χ4v) is 3.66. The summed E-state index contributed by atoms with van der Waals surface area (Å²) in [5, 5.41) is 3.14. The Morgan fingerprint density at radius 3 is 2.44 bits per heavy atom. The van der Waals surface area contributed by atoms with Gasteiger partial charge in [0.05, 0.1) is 31.5 Å². The molecule has 0 aromatic heterocycles. The smallest absolute Gasteiger partial charge is 0.317 e. The molecule has 2 heterocycles. The maximum Gasteiger partial charge on any atom is 0.317 e. The van der Waals surface area contributed by atoms with Gasteiger partial charge in [-0.15, -0.1) is 0 Å². The van der Waals surface area contributed by atoms with Crippen molar-refractivity contribution in [3.63, 3.8) is 0 Å². The van der Waals surface area contributed by atoms with E-state index in [0.29, 0.717) is 19.6 Å². The molecule has 25 heavy (non-hydrogen) atoms. The summed E-state index contributed by atoms with van der Waals surface area (Å²) in [6.07, 6.45) is 0.164. The topological polar surface area (TPSA) is 54.0 Å². The number of urea groups is 1. The van der Waals surface area contributed by atoms with Gasteiger partial charge in [0, 0.05) is 32.7 Å². The Bertz CT molecular complexity index is 538. The highest BCUT2D eigenvalue weighted by atomic mass is 16.5. The lowest BCUT2D eigenvalue weighted by molar-refractivity contribution is -0.0547. The van der Waals surface area contributed by atoms with Crippen molar-refractivity contribution in [2.75, 3.05) is 45.9 Å². The second kappa shape index (κ2) is 8.65. The summed E-state index contributed by atoms with van der Waals surface area (Å²) in [6.45, 7) is 9.18. The minimum Gasteiger partial charge on any atom is -0.379 e. The zero-order chi connectivity index (χ0) is 17.6. The van der Waals surface area contributed by atoms with Crippen LogP contribution in [0.25, 0.3) is 0 Å². The fourth-order valence-electron chi connectivity index (χ4n) is 3.66. The van der Waals surface area contributed by atoms with Gasteiger partial charge in [0.25, 0.3) is 0 Å². The van der Waals surface area contributed by atoms with Gasteiger partial charge in [-0.2, -0.15) is 0 Å². The number of hydrogen-bond donors (Lipinski definition) is 1. The van der Waals surface area contributed by atoms with Gasteiger partial charge in [-0.1, -0.05) is 30.3 Å². The summed E-state index contributed by atoms with van der Waals surface area (Å²) in [5.74, 6) is 0. The Morgan fingerprint density at radius 1 is 1.16 bits per heavy atom. The highest BCUT2D eigenvalue weighted by Crippen LogP contribution is 2.21. The molecule has 3 rings (SSSR count). The lowest BCUT2D eigenvalue weighted by Gasteiger charge is -2.37. The number of carbonyl (C=O) groups is 1. The third-order valence-electron chi connectivity index (χ3n) is 4.82. The lowest BCUT2D eigenvalue weighted by Crippen LogP contribution is -2.53. The summed E-state index contributed by atoms with van der Waals surface area (Å²) < 4.78 is 11.2. The average Bonchev–Trinajstić information content (AvgIpc) is 2.63. The number of ether oxygens (including phenoxy) is 2. The summed E-state index contributed by atoms with van der Waals surface area (Å²) >= 11 is 0. The minimum atomic E-state index is -0.00353. The summed E-state index contributed by atoms with van der Waals surface area (Å²) in [4.78, 5) is 16.9. The second-order valence-electron chi connectivity index (χ2n) is 6.92. The molecule has 0 radical (unpaired) electrons. The second-order valence-corrected chi connectivity index (χ2v) is 6.92. The summed E-state index contributed by atoms with van der Waals surface area (Å²) in [5.41, 5.74) is 1.23. The highest BCUT2D eigenvalue weighted by Gasteiger charge is 2.28. The standard InChI is InChI=1S/C19H29N3O3/c1-15-13-22(14-16(2)25-15)19(23)20-12-18(17-6-4-3-5-7-17)21-8-10-24-11-9-21/h3-7,15-16,18H,8-14H2,1-2H3,(H,20,23)/t15-,16+,18-/m1/s1. The van der Waals surface area contributed by atoms with Gasteiger partial charge in [-0.25, -0.2) is 4.79 Å². The maximum atomic E-state index is 12.6. The monoisotopic (exact) mass is 347 g/mol. The summed E-state index contributed by atoms with van der Waals surface area (Å²) in [6, 6.07) is 10.6. The maximum absolute atomic E-state index is 12.6. The molecule has 2 aliphatic rings. The van der Waals surface area contributed by atoms with Gasteiger partial charge in [0.15, 0.2) is 0 Å². The van der Waals surface area contributed by atoms with Crippen molar-refractivity contribution >= 4 is 6.03 Å². The van der Waals surface area contributed by atoms with Gasteiger partial charge in [0.1, 0.15) is 0 Å². The van der Waals surface area contributed by atoms with E-state index in [1.54, 1.807) is 0 Å². The predicted octanol–water partition coefficient (Wildman–Crippen LogP) is 1.88. The minimum absolute atomic E-state index is 0.00353. The molecular weight excluding hydrogens is 318 g/mol. The molecular formula is C19H29N3O3. The molecule has 1 aromatic carbocycles. The molecule has 6 heteroatoms. The van der Waals surface area contributed by atoms with Crippen molar-refractivity contribution in [3.05, 3.63) is 35.9 Å². The molecule has 0 aliphatic carbocycles. The van der Waals surface area contributed by atoms with Crippen LogP contribution in [0.2, 0.25) is 0 Å². The first-order chi connectivity index (χ1) is 12.1. The Balaban J connectivity index is 1.63. The molecule has 3 atom stereocenters. The lowest BCUT2D eigenvalue weighted by atomic mass is 10.0. The Kier molecular flexibility index (Phi) is 6.29. The van der Waals surface area contributed by atoms with Gasteiger partial charge in [-0.05, 0) is 19.4 Å². The van der Waals surface area contributed by atoms with E-state index in [1.165, 1.54) is 5.56 Å². The van der Waals surface area contributed by atoms with Crippen LogP contribution in [0.1, 0.15) is 25.5 Å². The number of carbonyl (C=O) groups excluding carboxylic acids is 1. The van der Waals surface area contributed by atoms with Crippen LogP contribution >= 0.6 is 0 Å². The molecule has 0 bridgehead atoms. The van der Waals surface area contributed by atoms with Crippen LogP contribution in [0.15, 0.2) is 30.3 Å². The van der Waals surface area contributed by atoms with E-state index < -0.39 is 0 Å². The molecule has 2 aliphatic heterocycles. The molecule has 0 spiro atoms. The van der Waals surface area contributed by atoms with Crippen LogP contribution in [0.3, 0.4) is 0 Å². The van der Waals surface area contributed by atoms with Crippen molar-refractivity contribution in [1.82, 2.24) is 15.1 Å². The van der Waals surface area contributed by atoms with Gasteiger partial charge in [-0.3, -0.25) is 4.90 Å². The van der Waals surface area contributed by atoms with Crippen LogP contribution in [0.4, 0.5) is 4.79 Å². The normalized spacial score (nSPS) is 26.2. The molecule has 0 unspecified atom stereocenters. The van der Waals surface area contributed by atoms with Crippen LogP contribution in [0.5, 0.6) is 0 Å². The molecule has 2 amide bonds. The van der Waals surface area contributed by atoms with Crippen LogP contribution in [-0.2, 0) is 9.47 Å². The SMILES string of the molecule is C[C@@H]1CN(C(=O)NC[C@H](c2ccccc2)N2CCOCC2)C[C@H](C)O1. The third kappa shape index (κ3) is 4.93. The molecule has 2 fully saturated rings. The Hall–Kier alpha value is -1.63. The zero-order valence-electron chi connectivity index (χ0n) is 15.2. The first kappa shape index (κ1) is 18.2. The average molecular weight is 347 g/mol. The number of hydrogen-bond acceptors (Lipinski definition) is 4. The van der Waals surface area contributed by atoms with Crippen LogP contribution < -0.4 is 5.32 Å². The van der Waals surface area contributed by atoms with Crippen molar-refractivity contribution in [2.45, 2.75) is 32.1 Å². The van der Waals surface area contributed by atoms with Crippen molar-refractivity contribution in [2.24, 2.45) is 0 Å². The van der Waals surface area contributed by atoms with Crippen molar-refractivity contribution < 1.29 is 14.3 Å². The number of rotatable bonds is 4. The zero-order valence-corrected chi connectivity index (χ0v) is 15.2. The first-order valence-corrected chi connectivity index (χ1v) is 9.18. The van der Waals surface area contributed by atoms with Gasteiger partial charge in [0.2, 0.25) is 0 Å². The predicted molar refractivity (Wildman–Crippen MR) is 96.6 cm³/mol. The Labute approximate surface area is 150 Å². The van der Waals surface area contributed by atoms with Gasteiger partial charge >= 0.3 is 6.03 Å². The van der Waals surface area contributed by atoms with E-state index >= 15 is 0 Å². The number of amides is 2. The number of nitrogens with one attached hydrogen (secondary N) is 1. The van der Waals surface area contributed by atoms with E-state index in [-0.39, 0.29) is 24.3 Å². The number of nitrogens with zero attached hydrogens (tertiary/aromatic N) is 2. The van der Waals surface area contributed by atoms with E-state index in [2.05, 4.69) is 34.5 Å². The van der Waals surface area contributed by atoms with Crippen molar-refractivity contribution in [1.29, 1.82) is 0 Å². The van der Waals surface area contributed by atoms with Crippen LogP contribution in [0, 0.1) is 0 Å². The molecule has 1 N–H and O–H groups in total. The molecule has 0 saturated carbocycles. The van der Waals surface area contributed by atoms with E-state index in [4.69, 9.17) is 9.47 Å². The fraction of sp³-hybridized carbons (Fsp3) is 0.632. The summed E-state index contributed by atoms with van der Waals surface area (Å²) in [7, 11) is 0. The van der Waals surface area contributed by atoms with E-state index in [9.17, 15) is 4.79 Å². The van der Waals surface area contributed by atoms with Crippen LogP contribution in [-0.4, -0.2) is 74.0 Å². The highest BCUT2D eigenvalue weighted by molar-refractivity contribution is 5.74. The van der Waals surface area contributed by atoms with Crippen molar-refractivity contribution in [3.8, 4) is 0 Å². The molecule has 2 saturated heterocycles. The Morgan fingerprint density at radius 2 is 1.80 bits per heavy atom.